The third-order valence-electron chi connectivity index (χ3n) is 3.88. The lowest BCUT2D eigenvalue weighted by molar-refractivity contribution is 0.216. The predicted octanol–water partition coefficient (Wildman–Crippen LogP) is 5.10. The van der Waals surface area contributed by atoms with Gasteiger partial charge in [-0.2, -0.15) is 0 Å². The summed E-state index contributed by atoms with van der Waals surface area (Å²) in [5.74, 6) is -1.40. The summed E-state index contributed by atoms with van der Waals surface area (Å²) in [6.07, 6.45) is -0.815. The van der Waals surface area contributed by atoms with Crippen molar-refractivity contribution < 1.29 is 18.3 Å². The van der Waals surface area contributed by atoms with Gasteiger partial charge in [-0.05, 0) is 19.1 Å². The number of rotatable bonds is 6. The number of ether oxygens (including phenoxy) is 1. The molecule has 1 aromatic heterocycles. The molecule has 6 nitrogen and oxygen atoms in total. The van der Waals surface area contributed by atoms with E-state index in [4.69, 9.17) is 33.7 Å². The van der Waals surface area contributed by atoms with Crippen molar-refractivity contribution in [1.29, 1.82) is 0 Å². The molecule has 11 heteroatoms. The Morgan fingerprint density at radius 1 is 1.31 bits per heavy atom. The summed E-state index contributed by atoms with van der Waals surface area (Å²) in [5, 5.41) is 5.41. The van der Waals surface area contributed by atoms with Crippen LogP contribution in [0.3, 0.4) is 0 Å². The number of nitrogens with two attached hydrogens (primary N) is 1. The van der Waals surface area contributed by atoms with Gasteiger partial charge in [-0.15, -0.1) is 0 Å². The summed E-state index contributed by atoms with van der Waals surface area (Å²) in [7, 11) is 0. The number of carbonyl (C=O) groups is 1. The van der Waals surface area contributed by atoms with Crippen molar-refractivity contribution in [3.8, 4) is 5.75 Å². The van der Waals surface area contributed by atoms with Crippen LogP contribution in [0.25, 0.3) is 10.2 Å². The summed E-state index contributed by atoms with van der Waals surface area (Å²) in [6, 6.07) is 4.67. The van der Waals surface area contributed by atoms with Gasteiger partial charge in [0.1, 0.15) is 11.9 Å². The number of carbonyl (C=O) groups excluding carboxylic acids is 1. The molecule has 4 N–H and O–H groups in total. The molecule has 154 valence electrons. The van der Waals surface area contributed by atoms with E-state index in [1.54, 1.807) is 6.92 Å². The Morgan fingerprint density at radius 2 is 2.07 bits per heavy atom. The van der Waals surface area contributed by atoms with E-state index in [9.17, 15) is 13.6 Å². The molecule has 0 bridgehead atoms. The fraction of sp³-hybridized carbons (Fsp3) is 0.222. The molecule has 3 aromatic rings. The van der Waals surface area contributed by atoms with E-state index < -0.39 is 23.8 Å². The third-order valence-corrected chi connectivity index (χ3v) is 5.53. The highest BCUT2D eigenvalue weighted by molar-refractivity contribution is 7.22. The third kappa shape index (κ3) is 4.87. The van der Waals surface area contributed by atoms with E-state index in [-0.39, 0.29) is 26.5 Å². The maximum absolute atomic E-state index is 14.5. The molecular formula is C18H16Cl2F2N4O2S. The Hall–Kier alpha value is -2.20. The molecule has 0 saturated heterocycles. The zero-order valence-corrected chi connectivity index (χ0v) is 17.4. The fourth-order valence-corrected chi connectivity index (χ4v) is 4.11. The van der Waals surface area contributed by atoms with Gasteiger partial charge in [0.15, 0.2) is 16.7 Å². The number of hydrogen-bond donors (Lipinski definition) is 3. The Balaban J connectivity index is 1.84. The van der Waals surface area contributed by atoms with E-state index in [1.165, 1.54) is 18.2 Å². The topological polar surface area (TPSA) is 89.3 Å². The number of thiazole rings is 1. The monoisotopic (exact) mass is 460 g/mol. The van der Waals surface area contributed by atoms with Crippen LogP contribution in [-0.4, -0.2) is 24.1 Å². The normalized spacial score (nSPS) is 12.1. The SMILES string of the molecule is C[C@H](Oc1cc2sc(NC(=O)NCCN)nc2cc1F)c1c(Cl)ccc(F)c1Cl. The molecule has 29 heavy (non-hydrogen) atoms. The smallest absolute Gasteiger partial charge is 0.321 e. The average molecular weight is 461 g/mol. The summed E-state index contributed by atoms with van der Waals surface area (Å²) in [5.41, 5.74) is 5.89. The van der Waals surface area contributed by atoms with Gasteiger partial charge in [0, 0.05) is 35.8 Å². The van der Waals surface area contributed by atoms with Crippen LogP contribution in [0.1, 0.15) is 18.6 Å². The molecule has 1 atom stereocenters. The maximum Gasteiger partial charge on any atom is 0.321 e. The number of benzene rings is 2. The first-order valence-corrected chi connectivity index (χ1v) is 10.0. The van der Waals surface area contributed by atoms with Crippen LogP contribution >= 0.6 is 34.5 Å². The molecule has 0 unspecified atom stereocenters. The van der Waals surface area contributed by atoms with Gasteiger partial charge in [0.05, 0.1) is 15.2 Å². The van der Waals surface area contributed by atoms with Gasteiger partial charge in [-0.1, -0.05) is 34.5 Å². The summed E-state index contributed by atoms with van der Waals surface area (Å²) < 4.78 is 34.5. The molecule has 0 saturated carbocycles. The van der Waals surface area contributed by atoms with Crippen molar-refractivity contribution in [2.24, 2.45) is 5.73 Å². The number of urea groups is 1. The Labute approximate surface area is 179 Å². The van der Waals surface area contributed by atoms with Gasteiger partial charge in [-0.3, -0.25) is 5.32 Å². The molecule has 3 rings (SSSR count). The number of nitrogens with one attached hydrogen (secondary N) is 2. The first-order valence-electron chi connectivity index (χ1n) is 8.45. The van der Waals surface area contributed by atoms with Crippen LogP contribution in [0, 0.1) is 11.6 Å². The Morgan fingerprint density at radius 3 is 2.79 bits per heavy atom. The Kier molecular flexibility index (Phi) is 6.74. The standard InChI is InChI=1S/C18H16Cl2F2N4O2S/c1-8(15-9(19)2-3-10(21)16(15)20)28-13-7-14-12(6-11(13)22)25-18(29-14)26-17(27)24-5-4-23/h2-3,6-8H,4-5,23H2,1H3,(H2,24,25,26,27)/t8-/m0/s1. The molecule has 0 aliphatic heterocycles. The van der Waals surface area contributed by atoms with E-state index in [0.29, 0.717) is 23.3 Å². The van der Waals surface area contributed by atoms with Crippen LogP contribution in [0.2, 0.25) is 10.0 Å². The summed E-state index contributed by atoms with van der Waals surface area (Å²) in [6.45, 7) is 2.20. The molecule has 2 aromatic carbocycles. The highest BCUT2D eigenvalue weighted by Crippen LogP contribution is 2.37. The van der Waals surface area contributed by atoms with Crippen molar-refractivity contribution in [3.05, 3.63) is 51.5 Å². The predicted molar refractivity (Wildman–Crippen MR) is 111 cm³/mol. The lowest BCUT2D eigenvalue weighted by Crippen LogP contribution is -2.32. The van der Waals surface area contributed by atoms with Crippen molar-refractivity contribution in [1.82, 2.24) is 10.3 Å². The molecule has 0 fully saturated rings. The first-order chi connectivity index (χ1) is 13.8. The van der Waals surface area contributed by atoms with Crippen LogP contribution in [-0.2, 0) is 0 Å². The number of hydrogen-bond acceptors (Lipinski definition) is 5. The van der Waals surface area contributed by atoms with Crippen LogP contribution in [0.15, 0.2) is 24.3 Å². The largest absolute Gasteiger partial charge is 0.483 e. The lowest BCUT2D eigenvalue weighted by atomic mass is 10.1. The van der Waals surface area contributed by atoms with Gasteiger partial charge in [0.2, 0.25) is 0 Å². The van der Waals surface area contributed by atoms with Gasteiger partial charge in [-0.25, -0.2) is 18.6 Å². The van der Waals surface area contributed by atoms with Crippen molar-refractivity contribution in [2.75, 3.05) is 18.4 Å². The van der Waals surface area contributed by atoms with Gasteiger partial charge in [0.25, 0.3) is 0 Å². The molecule has 0 aliphatic carbocycles. The summed E-state index contributed by atoms with van der Waals surface area (Å²) in [4.78, 5) is 15.9. The highest BCUT2D eigenvalue weighted by Gasteiger charge is 2.21. The minimum Gasteiger partial charge on any atom is -0.483 e. The molecule has 2 amide bonds. The number of anilines is 1. The van der Waals surface area contributed by atoms with Crippen LogP contribution in [0.5, 0.6) is 5.75 Å². The maximum atomic E-state index is 14.5. The minimum atomic E-state index is -0.815. The molecule has 1 heterocycles. The minimum absolute atomic E-state index is 0.0795. The molecular weight excluding hydrogens is 445 g/mol. The van der Waals surface area contributed by atoms with Crippen molar-refractivity contribution >= 4 is 55.9 Å². The van der Waals surface area contributed by atoms with E-state index in [2.05, 4.69) is 15.6 Å². The van der Waals surface area contributed by atoms with Gasteiger partial charge < -0.3 is 15.8 Å². The quantitative estimate of drug-likeness (QED) is 0.446. The Bertz CT molecular complexity index is 1060. The lowest BCUT2D eigenvalue weighted by Gasteiger charge is -2.18. The average Bonchev–Trinajstić information content (AvgIpc) is 3.04. The molecule has 0 spiro atoms. The van der Waals surface area contributed by atoms with Crippen molar-refractivity contribution in [2.45, 2.75) is 13.0 Å². The highest BCUT2D eigenvalue weighted by atomic mass is 35.5. The number of aromatic nitrogens is 1. The van der Waals surface area contributed by atoms with Crippen molar-refractivity contribution in [3.63, 3.8) is 0 Å². The summed E-state index contributed by atoms with van der Waals surface area (Å²) >= 11 is 13.2. The first kappa shape index (κ1) is 21.5. The number of nitrogens with zero attached hydrogens (tertiary/aromatic N) is 1. The fourth-order valence-electron chi connectivity index (χ4n) is 2.57. The van der Waals surface area contributed by atoms with Crippen LogP contribution < -0.4 is 21.1 Å². The molecule has 0 aliphatic rings. The van der Waals surface area contributed by atoms with E-state index in [0.717, 1.165) is 17.4 Å². The van der Waals surface area contributed by atoms with Crippen LogP contribution in [0.4, 0.5) is 18.7 Å². The van der Waals surface area contributed by atoms with Gasteiger partial charge >= 0.3 is 6.03 Å². The molecule has 0 radical (unpaired) electrons. The zero-order chi connectivity index (χ0) is 21.1. The van der Waals surface area contributed by atoms with E-state index in [1.807, 2.05) is 0 Å². The van der Waals surface area contributed by atoms with E-state index >= 15 is 0 Å². The second-order valence-electron chi connectivity index (χ2n) is 5.96. The number of amides is 2. The second-order valence-corrected chi connectivity index (χ2v) is 7.77. The number of halogens is 4. The number of fused-ring (bicyclic) bond motifs is 1. The zero-order valence-electron chi connectivity index (χ0n) is 15.1. The second kappa shape index (κ2) is 9.08.